The van der Waals surface area contributed by atoms with Crippen LogP contribution in [0.2, 0.25) is 0 Å². The first-order chi connectivity index (χ1) is 12.2. The molecule has 1 aromatic carbocycles. The van der Waals surface area contributed by atoms with Crippen LogP contribution in [0.3, 0.4) is 0 Å². The topological polar surface area (TPSA) is 76.1 Å². The fraction of sp³-hybridized carbons (Fsp3) is 0.421. The van der Waals surface area contributed by atoms with Gasteiger partial charge in [-0.05, 0) is 37.3 Å². The maximum Gasteiger partial charge on any atom is 0.254 e. The molecule has 6 nitrogen and oxygen atoms in total. The zero-order chi connectivity index (χ0) is 17.6. The molecule has 0 spiro atoms. The molecule has 2 heterocycles. The Labute approximate surface area is 148 Å². The fourth-order valence-electron chi connectivity index (χ4n) is 2.94. The number of hydrogen-bond donors (Lipinski definition) is 2. The van der Waals surface area contributed by atoms with Crippen molar-refractivity contribution in [2.45, 2.75) is 39.2 Å². The summed E-state index contributed by atoms with van der Waals surface area (Å²) in [6.45, 7) is 5.47. The summed E-state index contributed by atoms with van der Waals surface area (Å²) in [4.78, 5) is 20.7. The Bertz CT molecular complexity index is 725. The van der Waals surface area contributed by atoms with E-state index in [9.17, 15) is 4.79 Å². The SMILES string of the molecule is CCc1cccc(C)c1Nc1ncc(C(=O)NCC2CCCO2)cn1. The number of amides is 1. The number of rotatable bonds is 6. The number of ether oxygens (including phenoxy) is 1. The number of carbonyl (C=O) groups is 1. The van der Waals surface area contributed by atoms with Crippen LogP contribution in [-0.4, -0.2) is 35.1 Å². The van der Waals surface area contributed by atoms with E-state index in [1.807, 2.05) is 6.07 Å². The van der Waals surface area contributed by atoms with E-state index in [0.717, 1.165) is 37.1 Å². The smallest absolute Gasteiger partial charge is 0.254 e. The van der Waals surface area contributed by atoms with Crippen molar-refractivity contribution in [2.75, 3.05) is 18.5 Å². The molecular weight excluding hydrogens is 316 g/mol. The minimum absolute atomic E-state index is 0.124. The van der Waals surface area contributed by atoms with Gasteiger partial charge in [-0.2, -0.15) is 0 Å². The van der Waals surface area contributed by atoms with Crippen LogP contribution >= 0.6 is 0 Å². The van der Waals surface area contributed by atoms with Crippen LogP contribution in [0.25, 0.3) is 0 Å². The van der Waals surface area contributed by atoms with E-state index in [2.05, 4.69) is 46.6 Å². The first kappa shape index (κ1) is 17.4. The summed E-state index contributed by atoms with van der Waals surface area (Å²) in [5.41, 5.74) is 3.83. The Balaban J connectivity index is 1.63. The number of nitrogens with one attached hydrogen (secondary N) is 2. The van der Waals surface area contributed by atoms with E-state index in [1.54, 1.807) is 12.4 Å². The summed E-state index contributed by atoms with van der Waals surface area (Å²) >= 11 is 0. The molecule has 25 heavy (non-hydrogen) atoms. The fourth-order valence-corrected chi connectivity index (χ4v) is 2.94. The molecule has 3 rings (SSSR count). The molecule has 0 radical (unpaired) electrons. The molecule has 1 amide bonds. The molecule has 1 aliphatic rings. The number of hydrogen-bond acceptors (Lipinski definition) is 5. The van der Waals surface area contributed by atoms with Crippen LogP contribution in [-0.2, 0) is 11.2 Å². The predicted octanol–water partition coefficient (Wildman–Crippen LogP) is 3.00. The van der Waals surface area contributed by atoms with Crippen LogP contribution in [0.5, 0.6) is 0 Å². The molecule has 2 aromatic rings. The molecule has 2 N–H and O–H groups in total. The number of aryl methyl sites for hydroxylation is 2. The summed E-state index contributed by atoms with van der Waals surface area (Å²) in [5.74, 6) is 0.312. The van der Waals surface area contributed by atoms with Gasteiger partial charge >= 0.3 is 0 Å². The van der Waals surface area contributed by atoms with Gasteiger partial charge in [-0.25, -0.2) is 9.97 Å². The number of aromatic nitrogens is 2. The highest BCUT2D eigenvalue weighted by Crippen LogP contribution is 2.23. The molecule has 1 aliphatic heterocycles. The van der Waals surface area contributed by atoms with Gasteiger partial charge in [-0.1, -0.05) is 25.1 Å². The molecule has 0 aliphatic carbocycles. The second-order valence-electron chi connectivity index (χ2n) is 6.23. The Morgan fingerprint density at radius 2 is 2.12 bits per heavy atom. The zero-order valence-corrected chi connectivity index (χ0v) is 14.7. The van der Waals surface area contributed by atoms with Crippen LogP contribution in [0.4, 0.5) is 11.6 Å². The lowest BCUT2D eigenvalue weighted by Gasteiger charge is -2.13. The summed E-state index contributed by atoms with van der Waals surface area (Å²) in [6.07, 6.45) is 6.19. The number of nitrogens with zero attached hydrogens (tertiary/aromatic N) is 2. The lowest BCUT2D eigenvalue weighted by atomic mass is 10.1. The molecule has 6 heteroatoms. The van der Waals surface area contributed by atoms with E-state index in [-0.39, 0.29) is 12.0 Å². The van der Waals surface area contributed by atoms with Gasteiger partial charge in [0, 0.05) is 31.2 Å². The van der Waals surface area contributed by atoms with E-state index in [4.69, 9.17) is 4.74 Å². The summed E-state index contributed by atoms with van der Waals surface area (Å²) in [6, 6.07) is 6.18. The van der Waals surface area contributed by atoms with Gasteiger partial charge in [0.05, 0.1) is 11.7 Å². The molecule has 1 saturated heterocycles. The van der Waals surface area contributed by atoms with Gasteiger partial charge in [0.15, 0.2) is 0 Å². The molecule has 1 unspecified atom stereocenters. The van der Waals surface area contributed by atoms with Crippen LogP contribution in [0.15, 0.2) is 30.6 Å². The van der Waals surface area contributed by atoms with Crippen molar-refractivity contribution in [3.63, 3.8) is 0 Å². The van der Waals surface area contributed by atoms with E-state index in [0.29, 0.717) is 18.1 Å². The second-order valence-corrected chi connectivity index (χ2v) is 6.23. The van der Waals surface area contributed by atoms with Gasteiger partial charge in [-0.15, -0.1) is 0 Å². The molecule has 1 fully saturated rings. The normalized spacial score (nSPS) is 16.6. The minimum Gasteiger partial charge on any atom is -0.376 e. The van der Waals surface area contributed by atoms with Crippen molar-refractivity contribution in [1.82, 2.24) is 15.3 Å². The van der Waals surface area contributed by atoms with Crippen molar-refractivity contribution in [3.05, 3.63) is 47.3 Å². The maximum atomic E-state index is 12.2. The number of benzene rings is 1. The van der Waals surface area contributed by atoms with Crippen molar-refractivity contribution in [2.24, 2.45) is 0 Å². The first-order valence-electron chi connectivity index (χ1n) is 8.74. The van der Waals surface area contributed by atoms with Crippen molar-refractivity contribution in [3.8, 4) is 0 Å². The highest BCUT2D eigenvalue weighted by Gasteiger charge is 2.17. The van der Waals surface area contributed by atoms with E-state index in [1.165, 1.54) is 5.56 Å². The zero-order valence-electron chi connectivity index (χ0n) is 14.7. The molecule has 0 saturated carbocycles. The Morgan fingerprint density at radius 3 is 2.80 bits per heavy atom. The van der Waals surface area contributed by atoms with Gasteiger partial charge in [0.1, 0.15) is 0 Å². The Hall–Kier alpha value is -2.47. The third-order valence-corrected chi connectivity index (χ3v) is 4.41. The third kappa shape index (κ3) is 4.33. The van der Waals surface area contributed by atoms with Gasteiger partial charge in [0.2, 0.25) is 5.95 Å². The number of anilines is 2. The van der Waals surface area contributed by atoms with Crippen molar-refractivity contribution < 1.29 is 9.53 Å². The largest absolute Gasteiger partial charge is 0.376 e. The minimum atomic E-state index is -0.174. The average molecular weight is 340 g/mol. The van der Waals surface area contributed by atoms with Gasteiger partial charge in [0.25, 0.3) is 5.91 Å². The van der Waals surface area contributed by atoms with Crippen LogP contribution in [0, 0.1) is 6.92 Å². The maximum absolute atomic E-state index is 12.2. The van der Waals surface area contributed by atoms with Crippen molar-refractivity contribution >= 4 is 17.5 Å². The Morgan fingerprint density at radius 1 is 1.32 bits per heavy atom. The molecule has 1 atom stereocenters. The number of para-hydroxylation sites is 1. The van der Waals surface area contributed by atoms with Crippen LogP contribution < -0.4 is 10.6 Å². The third-order valence-electron chi connectivity index (χ3n) is 4.41. The molecule has 1 aromatic heterocycles. The average Bonchev–Trinajstić information content (AvgIpc) is 3.15. The number of carbonyl (C=O) groups excluding carboxylic acids is 1. The lowest BCUT2D eigenvalue weighted by Crippen LogP contribution is -2.31. The highest BCUT2D eigenvalue weighted by atomic mass is 16.5. The standard InChI is InChI=1S/C19H24N4O2/c1-3-14-7-4-6-13(2)17(14)23-19-21-10-15(11-22-19)18(24)20-12-16-8-5-9-25-16/h4,6-7,10-11,16H,3,5,8-9,12H2,1-2H3,(H,20,24)(H,21,22,23). The molecule has 132 valence electrons. The highest BCUT2D eigenvalue weighted by molar-refractivity contribution is 5.93. The monoisotopic (exact) mass is 340 g/mol. The summed E-state index contributed by atoms with van der Waals surface area (Å²) < 4.78 is 5.50. The first-order valence-corrected chi connectivity index (χ1v) is 8.74. The van der Waals surface area contributed by atoms with Crippen LogP contribution in [0.1, 0.15) is 41.3 Å². The predicted molar refractivity (Wildman–Crippen MR) is 97.2 cm³/mol. The quantitative estimate of drug-likeness (QED) is 0.845. The molecule has 0 bridgehead atoms. The second kappa shape index (κ2) is 8.07. The summed E-state index contributed by atoms with van der Waals surface area (Å²) in [7, 11) is 0. The van der Waals surface area contributed by atoms with E-state index < -0.39 is 0 Å². The van der Waals surface area contributed by atoms with Crippen molar-refractivity contribution in [1.29, 1.82) is 0 Å². The molecular formula is C19H24N4O2. The van der Waals surface area contributed by atoms with Gasteiger partial charge in [-0.3, -0.25) is 4.79 Å². The van der Waals surface area contributed by atoms with E-state index >= 15 is 0 Å². The summed E-state index contributed by atoms with van der Waals surface area (Å²) in [5, 5.41) is 6.13. The van der Waals surface area contributed by atoms with Gasteiger partial charge < -0.3 is 15.4 Å². The Kier molecular flexibility index (Phi) is 5.60. The lowest BCUT2D eigenvalue weighted by molar-refractivity contribution is 0.0857.